The molecule has 0 aromatic rings. The van der Waals surface area contributed by atoms with Crippen molar-refractivity contribution in [2.45, 2.75) is 32.6 Å². The minimum absolute atomic E-state index is 0.0882. The zero-order chi connectivity index (χ0) is 9.19. The molecule has 1 fully saturated rings. The molecule has 0 aromatic heterocycles. The minimum Gasteiger partial charge on any atom is -0.395 e. The SMILES string of the molecule is CC1CCC(CO)(C(N)=O)CC1. The van der Waals surface area contributed by atoms with Gasteiger partial charge >= 0.3 is 0 Å². The van der Waals surface area contributed by atoms with Gasteiger partial charge in [0.2, 0.25) is 5.91 Å². The van der Waals surface area contributed by atoms with Crippen LogP contribution in [0.5, 0.6) is 0 Å². The molecule has 1 aliphatic carbocycles. The highest BCUT2D eigenvalue weighted by atomic mass is 16.3. The lowest BCUT2D eigenvalue weighted by Crippen LogP contribution is -2.42. The zero-order valence-corrected chi connectivity index (χ0v) is 7.55. The molecule has 1 saturated carbocycles. The Morgan fingerprint density at radius 1 is 1.58 bits per heavy atom. The van der Waals surface area contributed by atoms with Crippen LogP contribution in [0.25, 0.3) is 0 Å². The second-order valence-electron chi connectivity index (χ2n) is 3.99. The summed E-state index contributed by atoms with van der Waals surface area (Å²) in [7, 11) is 0. The summed E-state index contributed by atoms with van der Waals surface area (Å²) in [6.45, 7) is 2.08. The van der Waals surface area contributed by atoms with Crippen molar-refractivity contribution in [1.29, 1.82) is 0 Å². The predicted octanol–water partition coefficient (Wildman–Crippen LogP) is 0.661. The van der Waals surface area contributed by atoms with E-state index in [1.54, 1.807) is 0 Å². The standard InChI is InChI=1S/C9H17NO2/c1-7-2-4-9(6-11,5-3-7)8(10)12/h7,11H,2-6H2,1H3,(H2,10,12). The van der Waals surface area contributed by atoms with Gasteiger partial charge in [-0.1, -0.05) is 6.92 Å². The van der Waals surface area contributed by atoms with Crippen LogP contribution in [0.15, 0.2) is 0 Å². The van der Waals surface area contributed by atoms with E-state index in [2.05, 4.69) is 6.92 Å². The van der Waals surface area contributed by atoms with Gasteiger partial charge in [0.15, 0.2) is 0 Å². The number of amides is 1. The van der Waals surface area contributed by atoms with Gasteiger partial charge in [0.25, 0.3) is 0 Å². The molecule has 3 nitrogen and oxygen atoms in total. The molecular weight excluding hydrogens is 154 g/mol. The Bertz CT molecular complexity index is 171. The van der Waals surface area contributed by atoms with Crippen LogP contribution in [-0.2, 0) is 4.79 Å². The highest BCUT2D eigenvalue weighted by molar-refractivity contribution is 5.81. The Hall–Kier alpha value is -0.570. The number of primary amides is 1. The first-order valence-electron chi connectivity index (χ1n) is 4.51. The van der Waals surface area contributed by atoms with Crippen molar-refractivity contribution in [3.63, 3.8) is 0 Å². The van der Waals surface area contributed by atoms with Crippen LogP contribution in [0.3, 0.4) is 0 Å². The van der Waals surface area contributed by atoms with E-state index < -0.39 is 5.41 Å². The van der Waals surface area contributed by atoms with Crippen LogP contribution < -0.4 is 5.73 Å². The summed E-state index contributed by atoms with van der Waals surface area (Å²) in [6.07, 6.45) is 3.51. The third-order valence-corrected chi connectivity index (χ3v) is 3.06. The molecule has 70 valence electrons. The maximum Gasteiger partial charge on any atom is 0.225 e. The first kappa shape index (κ1) is 9.52. The lowest BCUT2D eigenvalue weighted by atomic mass is 9.71. The van der Waals surface area contributed by atoms with Crippen molar-refractivity contribution in [2.24, 2.45) is 17.1 Å². The van der Waals surface area contributed by atoms with Gasteiger partial charge in [-0.25, -0.2) is 0 Å². The molecule has 0 saturated heterocycles. The van der Waals surface area contributed by atoms with E-state index in [0.717, 1.165) is 25.7 Å². The van der Waals surface area contributed by atoms with Gasteiger partial charge in [-0.15, -0.1) is 0 Å². The molecule has 0 aromatic carbocycles. The quantitative estimate of drug-likeness (QED) is 0.641. The van der Waals surface area contributed by atoms with Gasteiger partial charge in [0.1, 0.15) is 0 Å². The fourth-order valence-corrected chi connectivity index (χ4v) is 1.80. The van der Waals surface area contributed by atoms with Gasteiger partial charge in [-0.2, -0.15) is 0 Å². The molecule has 1 rings (SSSR count). The second-order valence-corrected chi connectivity index (χ2v) is 3.99. The summed E-state index contributed by atoms with van der Waals surface area (Å²) < 4.78 is 0. The summed E-state index contributed by atoms with van der Waals surface area (Å²) in [5.74, 6) is 0.334. The molecule has 3 N–H and O–H groups in total. The molecular formula is C9H17NO2. The Morgan fingerprint density at radius 2 is 2.08 bits per heavy atom. The van der Waals surface area contributed by atoms with E-state index in [9.17, 15) is 4.79 Å². The summed E-state index contributed by atoms with van der Waals surface area (Å²) in [5.41, 5.74) is 4.65. The lowest BCUT2D eigenvalue weighted by Gasteiger charge is -2.34. The van der Waals surface area contributed by atoms with Crippen molar-refractivity contribution in [1.82, 2.24) is 0 Å². The summed E-state index contributed by atoms with van der Waals surface area (Å²) >= 11 is 0. The predicted molar refractivity (Wildman–Crippen MR) is 46.3 cm³/mol. The molecule has 0 atom stereocenters. The summed E-state index contributed by atoms with van der Waals surface area (Å²) in [4.78, 5) is 11.1. The summed E-state index contributed by atoms with van der Waals surface area (Å²) in [5, 5.41) is 9.10. The number of carbonyl (C=O) groups excluding carboxylic acids is 1. The van der Waals surface area contributed by atoms with E-state index >= 15 is 0 Å². The maximum atomic E-state index is 11.1. The van der Waals surface area contributed by atoms with Crippen LogP contribution in [-0.4, -0.2) is 17.6 Å². The Labute approximate surface area is 72.9 Å². The fourth-order valence-electron chi connectivity index (χ4n) is 1.80. The van der Waals surface area contributed by atoms with Crippen molar-refractivity contribution in [3.05, 3.63) is 0 Å². The average molecular weight is 171 g/mol. The number of hydrogen-bond acceptors (Lipinski definition) is 2. The fraction of sp³-hybridized carbons (Fsp3) is 0.889. The Kier molecular flexibility index (Phi) is 2.73. The van der Waals surface area contributed by atoms with Crippen molar-refractivity contribution < 1.29 is 9.90 Å². The molecule has 0 spiro atoms. The molecule has 3 heteroatoms. The van der Waals surface area contributed by atoms with Gasteiger partial charge in [0, 0.05) is 0 Å². The zero-order valence-electron chi connectivity index (χ0n) is 7.55. The topological polar surface area (TPSA) is 63.3 Å². The van der Waals surface area contributed by atoms with Gasteiger partial charge in [-0.05, 0) is 31.6 Å². The Morgan fingerprint density at radius 3 is 2.42 bits per heavy atom. The van der Waals surface area contributed by atoms with E-state index in [4.69, 9.17) is 10.8 Å². The number of hydrogen-bond donors (Lipinski definition) is 2. The number of aliphatic hydroxyl groups excluding tert-OH is 1. The van der Waals surface area contributed by atoms with Crippen molar-refractivity contribution >= 4 is 5.91 Å². The van der Waals surface area contributed by atoms with Crippen molar-refractivity contribution in [2.75, 3.05) is 6.61 Å². The number of aliphatic hydroxyl groups is 1. The first-order valence-corrected chi connectivity index (χ1v) is 4.51. The normalized spacial score (nSPS) is 36.3. The monoisotopic (exact) mass is 171 g/mol. The van der Waals surface area contributed by atoms with Crippen LogP contribution in [0.1, 0.15) is 32.6 Å². The minimum atomic E-state index is -0.605. The van der Waals surface area contributed by atoms with Gasteiger partial charge in [0.05, 0.1) is 12.0 Å². The smallest absolute Gasteiger partial charge is 0.225 e. The molecule has 0 radical (unpaired) electrons. The molecule has 12 heavy (non-hydrogen) atoms. The third-order valence-electron chi connectivity index (χ3n) is 3.06. The third kappa shape index (κ3) is 1.61. The molecule has 0 heterocycles. The highest BCUT2D eigenvalue weighted by Crippen LogP contribution is 2.38. The molecule has 0 aliphatic heterocycles. The Balaban J connectivity index is 2.63. The molecule has 1 aliphatic rings. The van der Waals surface area contributed by atoms with Gasteiger partial charge in [-0.3, -0.25) is 4.79 Å². The van der Waals surface area contributed by atoms with Crippen LogP contribution in [0, 0.1) is 11.3 Å². The average Bonchev–Trinajstić information content (AvgIpc) is 2.06. The van der Waals surface area contributed by atoms with Crippen LogP contribution in [0.2, 0.25) is 0 Å². The van der Waals surface area contributed by atoms with E-state index in [1.165, 1.54) is 0 Å². The number of nitrogens with two attached hydrogens (primary N) is 1. The van der Waals surface area contributed by atoms with Crippen LogP contribution >= 0.6 is 0 Å². The highest BCUT2D eigenvalue weighted by Gasteiger charge is 2.38. The molecule has 0 unspecified atom stereocenters. The lowest BCUT2D eigenvalue weighted by molar-refractivity contribution is -0.132. The van der Waals surface area contributed by atoms with Gasteiger partial charge < -0.3 is 10.8 Å². The van der Waals surface area contributed by atoms with E-state index in [1.807, 2.05) is 0 Å². The van der Waals surface area contributed by atoms with Crippen LogP contribution in [0.4, 0.5) is 0 Å². The molecule has 1 amide bonds. The largest absolute Gasteiger partial charge is 0.395 e. The second kappa shape index (κ2) is 3.44. The first-order chi connectivity index (χ1) is 5.60. The van der Waals surface area contributed by atoms with Crippen molar-refractivity contribution in [3.8, 4) is 0 Å². The number of carbonyl (C=O) groups is 1. The summed E-state index contributed by atoms with van der Waals surface area (Å²) in [6, 6.07) is 0. The van der Waals surface area contributed by atoms with E-state index in [-0.39, 0.29) is 12.5 Å². The number of rotatable bonds is 2. The molecule has 0 bridgehead atoms. The maximum absolute atomic E-state index is 11.1. The van der Waals surface area contributed by atoms with E-state index in [0.29, 0.717) is 5.92 Å².